The zero-order valence-electron chi connectivity index (χ0n) is 11.9. The van der Waals surface area contributed by atoms with Gasteiger partial charge in [-0.05, 0) is 31.0 Å². The van der Waals surface area contributed by atoms with E-state index in [-0.39, 0.29) is 18.4 Å². The lowest BCUT2D eigenvalue weighted by Gasteiger charge is -2.30. The average molecular weight is 298 g/mol. The molecule has 0 bridgehead atoms. The highest BCUT2D eigenvalue weighted by atomic mass is 19.3. The van der Waals surface area contributed by atoms with Crippen LogP contribution in [0.25, 0.3) is 0 Å². The molecule has 2 saturated heterocycles. The minimum atomic E-state index is -3.10. The van der Waals surface area contributed by atoms with Crippen molar-refractivity contribution in [1.82, 2.24) is 10.0 Å². The number of fused-ring (bicyclic) bond motifs is 1. The molecule has 2 heterocycles. The van der Waals surface area contributed by atoms with Crippen LogP contribution in [0.1, 0.15) is 31.9 Å². The normalized spacial score (nSPS) is 30.0. The minimum absolute atomic E-state index is 0.00114. The van der Waals surface area contributed by atoms with Gasteiger partial charge in [0.05, 0.1) is 6.04 Å². The number of alkyl halides is 2. The molecule has 0 radical (unpaired) electrons. The van der Waals surface area contributed by atoms with Gasteiger partial charge in [0.2, 0.25) is 0 Å². The van der Waals surface area contributed by atoms with E-state index in [9.17, 15) is 18.0 Å². The molecule has 3 nitrogen and oxygen atoms in total. The summed E-state index contributed by atoms with van der Waals surface area (Å²) in [4.78, 5) is 12.5. The number of hydrazine groups is 1. The standard InChI is InChI=1S/C15H17F3N2O/c1-14(15(2,17)18)9-19-7-6-12(20(19)13(14)21)10-4-3-5-11(16)8-10/h3-5,8,12H,6-7,9H2,1-2H3/t12-,14+/m0/s1. The summed E-state index contributed by atoms with van der Waals surface area (Å²) in [7, 11) is 0. The van der Waals surface area contributed by atoms with Gasteiger partial charge in [-0.15, -0.1) is 0 Å². The van der Waals surface area contributed by atoms with Gasteiger partial charge in [-0.1, -0.05) is 12.1 Å². The molecule has 1 amide bonds. The summed E-state index contributed by atoms with van der Waals surface area (Å²) in [5, 5.41) is 3.06. The van der Waals surface area contributed by atoms with Gasteiger partial charge in [-0.25, -0.2) is 18.2 Å². The number of hydrogen-bond donors (Lipinski definition) is 0. The molecule has 2 aliphatic rings. The van der Waals surface area contributed by atoms with Gasteiger partial charge in [0.1, 0.15) is 11.2 Å². The van der Waals surface area contributed by atoms with E-state index in [4.69, 9.17) is 0 Å². The molecule has 0 spiro atoms. The lowest BCUT2D eigenvalue weighted by molar-refractivity contribution is -0.156. The summed E-state index contributed by atoms with van der Waals surface area (Å²) >= 11 is 0. The molecule has 114 valence electrons. The van der Waals surface area contributed by atoms with Gasteiger partial charge in [0.25, 0.3) is 11.8 Å². The van der Waals surface area contributed by atoms with E-state index in [2.05, 4.69) is 0 Å². The quantitative estimate of drug-likeness (QED) is 0.838. The topological polar surface area (TPSA) is 23.6 Å². The Hall–Kier alpha value is -1.56. The van der Waals surface area contributed by atoms with Crippen LogP contribution in [0, 0.1) is 11.2 Å². The molecule has 2 fully saturated rings. The van der Waals surface area contributed by atoms with Crippen molar-refractivity contribution >= 4 is 5.91 Å². The number of halogens is 3. The Kier molecular flexibility index (Phi) is 3.06. The van der Waals surface area contributed by atoms with Crippen LogP contribution in [0.3, 0.4) is 0 Å². The largest absolute Gasteiger partial charge is 0.272 e. The number of nitrogens with zero attached hydrogens (tertiary/aromatic N) is 2. The van der Waals surface area contributed by atoms with Crippen LogP contribution in [0.15, 0.2) is 24.3 Å². The molecule has 0 aliphatic carbocycles. The third-order valence-electron chi connectivity index (χ3n) is 4.64. The second-order valence-electron chi connectivity index (χ2n) is 6.12. The van der Waals surface area contributed by atoms with E-state index in [1.807, 2.05) is 0 Å². The second kappa shape index (κ2) is 4.47. The highest BCUT2D eigenvalue weighted by Gasteiger charge is 2.62. The lowest BCUT2D eigenvalue weighted by atomic mass is 9.83. The Morgan fingerprint density at radius 3 is 2.71 bits per heavy atom. The fourth-order valence-corrected chi connectivity index (χ4v) is 3.16. The minimum Gasteiger partial charge on any atom is -0.272 e. The fourth-order valence-electron chi connectivity index (χ4n) is 3.16. The first kappa shape index (κ1) is 14.4. The molecule has 0 unspecified atom stereocenters. The maximum atomic E-state index is 13.8. The summed E-state index contributed by atoms with van der Waals surface area (Å²) in [6.07, 6.45) is 0.626. The average Bonchev–Trinajstić information content (AvgIpc) is 2.89. The van der Waals surface area contributed by atoms with Crippen molar-refractivity contribution in [3.8, 4) is 0 Å². The second-order valence-corrected chi connectivity index (χ2v) is 6.12. The van der Waals surface area contributed by atoms with Crippen molar-refractivity contribution in [3.63, 3.8) is 0 Å². The molecular weight excluding hydrogens is 281 g/mol. The summed E-state index contributed by atoms with van der Waals surface area (Å²) in [5.41, 5.74) is -1.08. The molecule has 3 rings (SSSR count). The van der Waals surface area contributed by atoms with Gasteiger partial charge in [-0.2, -0.15) is 0 Å². The van der Waals surface area contributed by atoms with Gasteiger partial charge in [0.15, 0.2) is 0 Å². The summed E-state index contributed by atoms with van der Waals surface area (Å²) in [6.45, 7) is 2.61. The van der Waals surface area contributed by atoms with Crippen LogP contribution in [0.5, 0.6) is 0 Å². The van der Waals surface area contributed by atoms with Crippen LogP contribution in [0.4, 0.5) is 13.2 Å². The predicted octanol–water partition coefficient (Wildman–Crippen LogP) is 2.99. The van der Waals surface area contributed by atoms with E-state index >= 15 is 0 Å². The Balaban J connectivity index is 1.95. The third-order valence-corrected chi connectivity index (χ3v) is 4.64. The summed E-state index contributed by atoms with van der Waals surface area (Å²) in [6, 6.07) is 5.62. The Morgan fingerprint density at radius 1 is 1.38 bits per heavy atom. The highest BCUT2D eigenvalue weighted by Crippen LogP contribution is 2.48. The predicted molar refractivity (Wildman–Crippen MR) is 70.9 cm³/mol. The summed E-state index contributed by atoms with van der Waals surface area (Å²) in [5.74, 6) is -4.07. The maximum absolute atomic E-state index is 13.8. The molecule has 6 heteroatoms. The zero-order valence-corrected chi connectivity index (χ0v) is 11.9. The SMILES string of the molecule is CC(F)(F)[C@]1(C)CN2CC[C@@H](c3cccc(F)c3)N2C1=O. The van der Waals surface area contributed by atoms with Crippen LogP contribution in [-0.2, 0) is 4.79 Å². The fraction of sp³-hybridized carbons (Fsp3) is 0.533. The smallest absolute Gasteiger partial charge is 0.260 e. The van der Waals surface area contributed by atoms with Gasteiger partial charge >= 0.3 is 0 Å². The third kappa shape index (κ3) is 2.04. The van der Waals surface area contributed by atoms with Gasteiger partial charge in [0, 0.05) is 20.0 Å². The molecule has 2 atom stereocenters. The Bertz CT molecular complexity index is 587. The Morgan fingerprint density at radius 2 is 2.10 bits per heavy atom. The van der Waals surface area contributed by atoms with Crippen molar-refractivity contribution in [2.24, 2.45) is 5.41 Å². The first-order chi connectivity index (χ1) is 9.74. The molecule has 0 N–H and O–H groups in total. The van der Waals surface area contributed by atoms with Crippen molar-refractivity contribution in [3.05, 3.63) is 35.6 Å². The molecule has 21 heavy (non-hydrogen) atoms. The van der Waals surface area contributed by atoms with Crippen LogP contribution in [-0.4, -0.2) is 34.9 Å². The number of benzene rings is 1. The number of amides is 1. The summed E-state index contributed by atoms with van der Waals surface area (Å²) < 4.78 is 41.0. The van der Waals surface area contributed by atoms with Crippen LogP contribution >= 0.6 is 0 Å². The van der Waals surface area contributed by atoms with E-state index in [1.165, 1.54) is 24.1 Å². The van der Waals surface area contributed by atoms with E-state index < -0.39 is 17.2 Å². The van der Waals surface area contributed by atoms with E-state index in [1.54, 1.807) is 17.1 Å². The molecule has 1 aromatic rings. The zero-order chi connectivity index (χ0) is 15.4. The van der Waals surface area contributed by atoms with Crippen molar-refractivity contribution in [1.29, 1.82) is 0 Å². The maximum Gasteiger partial charge on any atom is 0.260 e. The Labute approximate surface area is 121 Å². The molecule has 0 saturated carbocycles. The number of carbonyl (C=O) groups is 1. The number of carbonyl (C=O) groups excluding carboxylic acids is 1. The van der Waals surface area contributed by atoms with E-state index in [0.29, 0.717) is 18.5 Å². The monoisotopic (exact) mass is 298 g/mol. The molecular formula is C15H17F3N2O. The van der Waals surface area contributed by atoms with Crippen molar-refractivity contribution in [2.75, 3.05) is 13.1 Å². The highest BCUT2D eigenvalue weighted by molar-refractivity contribution is 5.86. The number of hydrogen-bond acceptors (Lipinski definition) is 2. The van der Waals surface area contributed by atoms with Gasteiger partial charge < -0.3 is 0 Å². The molecule has 0 aromatic heterocycles. The van der Waals surface area contributed by atoms with Crippen LogP contribution < -0.4 is 0 Å². The molecule has 1 aromatic carbocycles. The first-order valence-electron chi connectivity index (χ1n) is 6.96. The number of rotatable bonds is 2. The first-order valence-corrected chi connectivity index (χ1v) is 6.96. The van der Waals surface area contributed by atoms with Crippen molar-refractivity contribution < 1.29 is 18.0 Å². The van der Waals surface area contributed by atoms with Crippen LogP contribution in [0.2, 0.25) is 0 Å². The van der Waals surface area contributed by atoms with Gasteiger partial charge in [-0.3, -0.25) is 9.80 Å². The van der Waals surface area contributed by atoms with Crippen molar-refractivity contribution in [2.45, 2.75) is 32.2 Å². The molecule has 2 aliphatic heterocycles. The lowest BCUT2D eigenvalue weighted by Crippen LogP contribution is -2.45. The van der Waals surface area contributed by atoms with E-state index in [0.717, 1.165) is 6.92 Å².